The van der Waals surface area contributed by atoms with Gasteiger partial charge in [0.05, 0.1) is 5.60 Å². The maximum atomic E-state index is 13.8. The Bertz CT molecular complexity index is 413. The van der Waals surface area contributed by atoms with Crippen molar-refractivity contribution < 1.29 is 13.5 Å². The predicted octanol–water partition coefficient (Wildman–Crippen LogP) is 3.18. The van der Waals surface area contributed by atoms with E-state index in [-0.39, 0.29) is 17.5 Å². The van der Waals surface area contributed by atoms with Gasteiger partial charge in [-0.3, -0.25) is 0 Å². The molecule has 0 amide bonds. The van der Waals surface area contributed by atoms with Crippen LogP contribution in [-0.4, -0.2) is 19.8 Å². The monoisotopic (exact) mass is 255 g/mol. The molecule has 1 aromatic carbocycles. The Morgan fingerprint density at radius 2 is 2.11 bits per heavy atom. The Balaban J connectivity index is 2.20. The standard InChI is InChI=1S/C14H19F2NO/c1-17-13(9-14(18-2)6-3-7-14)11-8-10(15)4-5-12(11)16/h4-5,8,13,17H,3,6-7,9H2,1-2H3. The van der Waals surface area contributed by atoms with Crippen LogP contribution in [0.25, 0.3) is 0 Å². The van der Waals surface area contributed by atoms with Crippen LogP contribution in [0.15, 0.2) is 18.2 Å². The number of rotatable bonds is 5. The highest BCUT2D eigenvalue weighted by Crippen LogP contribution is 2.42. The van der Waals surface area contributed by atoms with Crippen LogP contribution < -0.4 is 5.32 Å². The van der Waals surface area contributed by atoms with E-state index in [4.69, 9.17) is 4.74 Å². The maximum Gasteiger partial charge on any atom is 0.128 e. The molecule has 1 aromatic rings. The van der Waals surface area contributed by atoms with Gasteiger partial charge >= 0.3 is 0 Å². The van der Waals surface area contributed by atoms with Gasteiger partial charge in [-0.2, -0.15) is 0 Å². The van der Waals surface area contributed by atoms with Crippen LogP contribution in [0, 0.1) is 11.6 Å². The van der Waals surface area contributed by atoms with Gasteiger partial charge in [-0.15, -0.1) is 0 Å². The number of halogens is 2. The van der Waals surface area contributed by atoms with E-state index in [1.54, 1.807) is 14.2 Å². The van der Waals surface area contributed by atoms with Crippen LogP contribution in [-0.2, 0) is 4.74 Å². The summed E-state index contributed by atoms with van der Waals surface area (Å²) < 4.78 is 32.5. The first kappa shape index (κ1) is 13.4. The second-order valence-electron chi connectivity index (χ2n) is 4.95. The lowest BCUT2D eigenvalue weighted by atomic mass is 9.74. The molecule has 1 unspecified atom stereocenters. The van der Waals surface area contributed by atoms with E-state index < -0.39 is 5.82 Å². The molecule has 1 N–H and O–H groups in total. The first-order chi connectivity index (χ1) is 8.60. The van der Waals surface area contributed by atoms with Gasteiger partial charge in [0.15, 0.2) is 0 Å². The molecule has 4 heteroatoms. The average Bonchev–Trinajstić information content (AvgIpc) is 2.32. The summed E-state index contributed by atoms with van der Waals surface area (Å²) in [7, 11) is 3.45. The van der Waals surface area contributed by atoms with Gasteiger partial charge < -0.3 is 10.1 Å². The van der Waals surface area contributed by atoms with Gasteiger partial charge in [0, 0.05) is 18.7 Å². The predicted molar refractivity (Wildman–Crippen MR) is 66.4 cm³/mol. The topological polar surface area (TPSA) is 21.3 Å². The third kappa shape index (κ3) is 2.54. The Hall–Kier alpha value is -1.00. The SMILES string of the molecule is CNC(CC1(OC)CCC1)c1cc(F)ccc1F. The molecule has 18 heavy (non-hydrogen) atoms. The highest BCUT2D eigenvalue weighted by atomic mass is 19.1. The molecule has 0 bridgehead atoms. The molecule has 1 aliphatic rings. The van der Waals surface area contributed by atoms with E-state index in [0.717, 1.165) is 25.3 Å². The molecule has 0 spiro atoms. The molecule has 1 saturated carbocycles. The van der Waals surface area contributed by atoms with Crippen molar-refractivity contribution in [3.63, 3.8) is 0 Å². The zero-order valence-corrected chi connectivity index (χ0v) is 10.8. The molecule has 100 valence electrons. The van der Waals surface area contributed by atoms with Gasteiger partial charge in [-0.25, -0.2) is 8.78 Å². The second-order valence-corrected chi connectivity index (χ2v) is 4.95. The Morgan fingerprint density at radius 1 is 1.39 bits per heavy atom. The smallest absolute Gasteiger partial charge is 0.128 e. The van der Waals surface area contributed by atoms with Crippen LogP contribution >= 0.6 is 0 Å². The molecule has 0 heterocycles. The molecule has 2 nitrogen and oxygen atoms in total. The third-order valence-corrected chi connectivity index (χ3v) is 3.96. The Kier molecular flexibility index (Phi) is 3.97. The van der Waals surface area contributed by atoms with Crippen molar-refractivity contribution in [3.8, 4) is 0 Å². The van der Waals surface area contributed by atoms with Gasteiger partial charge in [0.1, 0.15) is 11.6 Å². The number of hydrogen-bond acceptors (Lipinski definition) is 2. The number of ether oxygens (including phenoxy) is 1. The fraction of sp³-hybridized carbons (Fsp3) is 0.571. The quantitative estimate of drug-likeness (QED) is 0.872. The van der Waals surface area contributed by atoms with E-state index in [0.29, 0.717) is 12.0 Å². The largest absolute Gasteiger partial charge is 0.378 e. The van der Waals surface area contributed by atoms with Gasteiger partial charge in [0.25, 0.3) is 0 Å². The molecular formula is C14H19F2NO. The normalized spacial score (nSPS) is 19.3. The van der Waals surface area contributed by atoms with Crippen LogP contribution in [0.2, 0.25) is 0 Å². The molecule has 0 aliphatic heterocycles. The van der Waals surface area contributed by atoms with Gasteiger partial charge in [0.2, 0.25) is 0 Å². The molecule has 2 rings (SSSR count). The van der Waals surface area contributed by atoms with Crippen molar-refractivity contribution in [2.24, 2.45) is 0 Å². The van der Waals surface area contributed by atoms with Crippen LogP contribution in [0.3, 0.4) is 0 Å². The molecule has 1 aliphatic carbocycles. The fourth-order valence-corrected chi connectivity index (χ4v) is 2.58. The summed E-state index contributed by atoms with van der Waals surface area (Å²) in [6.45, 7) is 0. The first-order valence-electron chi connectivity index (χ1n) is 6.27. The van der Waals surface area contributed by atoms with E-state index in [1.165, 1.54) is 12.1 Å². The highest BCUT2D eigenvalue weighted by Gasteiger charge is 2.39. The summed E-state index contributed by atoms with van der Waals surface area (Å²) in [5.74, 6) is -0.784. The van der Waals surface area contributed by atoms with Gasteiger partial charge in [-0.1, -0.05) is 0 Å². The lowest BCUT2D eigenvalue weighted by Gasteiger charge is -2.42. The van der Waals surface area contributed by atoms with E-state index in [2.05, 4.69) is 5.32 Å². The molecule has 0 radical (unpaired) electrons. The Morgan fingerprint density at radius 3 is 2.61 bits per heavy atom. The summed E-state index contributed by atoms with van der Waals surface area (Å²) in [5.41, 5.74) is 0.202. The van der Waals surface area contributed by atoms with Gasteiger partial charge in [-0.05, 0) is 50.9 Å². The summed E-state index contributed by atoms with van der Waals surface area (Å²) in [5, 5.41) is 3.06. The van der Waals surface area contributed by atoms with Crippen LogP contribution in [0.5, 0.6) is 0 Å². The van der Waals surface area contributed by atoms with Crippen molar-refractivity contribution in [1.82, 2.24) is 5.32 Å². The molecule has 1 fully saturated rings. The van der Waals surface area contributed by atoms with Crippen molar-refractivity contribution in [2.45, 2.75) is 37.3 Å². The van der Waals surface area contributed by atoms with E-state index >= 15 is 0 Å². The average molecular weight is 255 g/mol. The first-order valence-corrected chi connectivity index (χ1v) is 6.27. The molecule has 1 atom stereocenters. The fourth-order valence-electron chi connectivity index (χ4n) is 2.58. The van der Waals surface area contributed by atoms with Crippen molar-refractivity contribution in [1.29, 1.82) is 0 Å². The van der Waals surface area contributed by atoms with Crippen LogP contribution in [0.4, 0.5) is 8.78 Å². The third-order valence-electron chi connectivity index (χ3n) is 3.96. The lowest BCUT2D eigenvalue weighted by molar-refractivity contribution is -0.0836. The van der Waals surface area contributed by atoms with E-state index in [1.807, 2.05) is 0 Å². The zero-order valence-electron chi connectivity index (χ0n) is 10.8. The lowest BCUT2D eigenvalue weighted by Crippen LogP contribution is -2.42. The Labute approximate surface area is 106 Å². The molecular weight excluding hydrogens is 236 g/mol. The molecule has 0 aromatic heterocycles. The summed E-state index contributed by atoms with van der Waals surface area (Å²) in [6.07, 6.45) is 3.77. The zero-order chi connectivity index (χ0) is 13.2. The number of hydrogen-bond donors (Lipinski definition) is 1. The minimum atomic E-state index is -0.410. The number of benzene rings is 1. The summed E-state index contributed by atoms with van der Waals surface area (Å²) >= 11 is 0. The minimum absolute atomic E-state index is 0.174. The molecule has 0 saturated heterocycles. The van der Waals surface area contributed by atoms with Crippen molar-refractivity contribution >= 4 is 0 Å². The summed E-state index contributed by atoms with van der Waals surface area (Å²) in [6, 6.07) is 3.36. The minimum Gasteiger partial charge on any atom is -0.378 e. The summed E-state index contributed by atoms with van der Waals surface area (Å²) in [4.78, 5) is 0. The maximum absolute atomic E-state index is 13.8. The highest BCUT2D eigenvalue weighted by molar-refractivity contribution is 5.23. The number of methoxy groups -OCH3 is 1. The van der Waals surface area contributed by atoms with E-state index in [9.17, 15) is 8.78 Å². The number of nitrogens with one attached hydrogen (secondary N) is 1. The van der Waals surface area contributed by atoms with Crippen molar-refractivity contribution in [3.05, 3.63) is 35.4 Å². The van der Waals surface area contributed by atoms with Crippen LogP contribution in [0.1, 0.15) is 37.3 Å². The van der Waals surface area contributed by atoms with Crippen molar-refractivity contribution in [2.75, 3.05) is 14.2 Å². The second kappa shape index (κ2) is 5.33.